The Hall–Kier alpha value is -2.41. The fourth-order valence-electron chi connectivity index (χ4n) is 2.42. The Kier molecular flexibility index (Phi) is 4.53. The monoisotopic (exact) mass is 342 g/mol. The maximum atomic E-state index is 11.6. The van der Waals surface area contributed by atoms with Crippen molar-refractivity contribution in [2.24, 2.45) is 0 Å². The zero-order chi connectivity index (χ0) is 17.3. The minimum absolute atomic E-state index is 0.106. The van der Waals surface area contributed by atoms with E-state index in [2.05, 4.69) is 26.2 Å². The number of nitrogens with zero attached hydrogens (tertiary/aromatic N) is 3. The number of thioether (sulfide) groups is 1. The molecule has 1 atom stereocenters. The van der Waals surface area contributed by atoms with E-state index in [1.807, 2.05) is 32.9 Å². The van der Waals surface area contributed by atoms with Crippen molar-refractivity contribution in [3.8, 4) is 11.5 Å². The van der Waals surface area contributed by atoms with Crippen LogP contribution in [0.5, 0.6) is 0 Å². The van der Waals surface area contributed by atoms with Gasteiger partial charge in [-0.15, -0.1) is 10.2 Å². The van der Waals surface area contributed by atoms with Crippen LogP contribution in [0.2, 0.25) is 0 Å². The SMILES string of the molecule is Cc1ccc(-c2nnc(S[C@@H](C)c3nc(C)cc(=O)[nH]3)o2)c(C)c1. The van der Waals surface area contributed by atoms with Crippen LogP contribution in [0, 0.1) is 20.8 Å². The number of H-pyrrole nitrogens is 1. The maximum Gasteiger partial charge on any atom is 0.277 e. The second-order valence-electron chi connectivity index (χ2n) is 5.72. The number of hydrogen-bond acceptors (Lipinski definition) is 6. The van der Waals surface area contributed by atoms with Crippen LogP contribution in [0.4, 0.5) is 0 Å². The van der Waals surface area contributed by atoms with Crippen molar-refractivity contribution in [2.75, 3.05) is 0 Å². The van der Waals surface area contributed by atoms with Gasteiger partial charge in [-0.3, -0.25) is 4.79 Å². The van der Waals surface area contributed by atoms with Crippen LogP contribution in [0.25, 0.3) is 11.5 Å². The Balaban J connectivity index is 1.82. The molecule has 0 bridgehead atoms. The zero-order valence-electron chi connectivity index (χ0n) is 14.0. The van der Waals surface area contributed by atoms with Gasteiger partial charge >= 0.3 is 0 Å². The highest BCUT2D eigenvalue weighted by atomic mass is 32.2. The molecule has 1 N–H and O–H groups in total. The molecular formula is C17H18N4O2S. The summed E-state index contributed by atoms with van der Waals surface area (Å²) >= 11 is 1.37. The topological polar surface area (TPSA) is 84.7 Å². The highest BCUT2D eigenvalue weighted by Crippen LogP contribution is 2.34. The van der Waals surface area contributed by atoms with E-state index >= 15 is 0 Å². The number of aromatic amines is 1. The number of nitrogens with one attached hydrogen (secondary N) is 1. The van der Waals surface area contributed by atoms with Gasteiger partial charge in [0, 0.05) is 17.3 Å². The molecule has 0 unspecified atom stereocenters. The van der Waals surface area contributed by atoms with Gasteiger partial charge in [-0.25, -0.2) is 4.98 Å². The second-order valence-corrected chi connectivity index (χ2v) is 7.02. The van der Waals surface area contributed by atoms with E-state index < -0.39 is 0 Å². The lowest BCUT2D eigenvalue weighted by molar-refractivity contribution is 0.464. The Morgan fingerprint density at radius 2 is 1.96 bits per heavy atom. The summed E-state index contributed by atoms with van der Waals surface area (Å²) in [6.07, 6.45) is 0. The molecule has 0 fully saturated rings. The Bertz CT molecular complexity index is 932. The third-order valence-corrected chi connectivity index (χ3v) is 4.51. The molecule has 0 saturated heterocycles. The molecule has 0 spiro atoms. The van der Waals surface area contributed by atoms with E-state index in [4.69, 9.17) is 4.42 Å². The van der Waals surface area contributed by atoms with E-state index in [9.17, 15) is 4.79 Å². The van der Waals surface area contributed by atoms with Gasteiger partial charge in [0.25, 0.3) is 10.8 Å². The predicted molar refractivity (Wildman–Crippen MR) is 93.1 cm³/mol. The molecule has 0 radical (unpaired) electrons. The van der Waals surface area contributed by atoms with E-state index in [0.717, 1.165) is 11.1 Å². The van der Waals surface area contributed by atoms with Gasteiger partial charge in [0.1, 0.15) is 5.82 Å². The van der Waals surface area contributed by atoms with E-state index in [-0.39, 0.29) is 10.8 Å². The van der Waals surface area contributed by atoms with Crippen molar-refractivity contribution in [1.29, 1.82) is 0 Å². The molecule has 2 heterocycles. The van der Waals surface area contributed by atoms with Crippen molar-refractivity contribution in [1.82, 2.24) is 20.2 Å². The average Bonchev–Trinajstić information content (AvgIpc) is 2.94. The molecule has 7 heteroatoms. The van der Waals surface area contributed by atoms with Crippen LogP contribution in [0.3, 0.4) is 0 Å². The first kappa shape index (κ1) is 16.4. The second kappa shape index (κ2) is 6.60. The fourth-order valence-corrected chi connectivity index (χ4v) is 3.16. The molecular weight excluding hydrogens is 324 g/mol. The highest BCUT2D eigenvalue weighted by molar-refractivity contribution is 7.99. The van der Waals surface area contributed by atoms with Crippen molar-refractivity contribution in [3.05, 3.63) is 57.3 Å². The minimum atomic E-state index is -0.161. The highest BCUT2D eigenvalue weighted by Gasteiger charge is 2.17. The molecule has 0 aliphatic heterocycles. The lowest BCUT2D eigenvalue weighted by Gasteiger charge is -2.07. The molecule has 6 nitrogen and oxygen atoms in total. The first-order chi connectivity index (χ1) is 11.4. The van der Waals surface area contributed by atoms with Crippen molar-refractivity contribution in [3.63, 3.8) is 0 Å². The Labute approximate surface area is 143 Å². The van der Waals surface area contributed by atoms with Gasteiger partial charge in [0.2, 0.25) is 5.89 Å². The lowest BCUT2D eigenvalue weighted by Crippen LogP contribution is -2.12. The molecule has 3 rings (SSSR count). The average molecular weight is 342 g/mol. The smallest absolute Gasteiger partial charge is 0.277 e. The lowest BCUT2D eigenvalue weighted by atomic mass is 10.1. The van der Waals surface area contributed by atoms with Crippen molar-refractivity contribution >= 4 is 11.8 Å². The van der Waals surface area contributed by atoms with Crippen LogP contribution >= 0.6 is 11.8 Å². The summed E-state index contributed by atoms with van der Waals surface area (Å²) in [6.45, 7) is 7.79. The molecule has 24 heavy (non-hydrogen) atoms. The summed E-state index contributed by atoms with van der Waals surface area (Å²) in [5.41, 5.74) is 3.73. The molecule has 1 aromatic carbocycles. The number of benzene rings is 1. The Morgan fingerprint density at radius 1 is 1.17 bits per heavy atom. The number of aromatic nitrogens is 4. The summed E-state index contributed by atoms with van der Waals surface area (Å²) in [5, 5.41) is 8.56. The quantitative estimate of drug-likeness (QED) is 0.729. The minimum Gasteiger partial charge on any atom is -0.411 e. The number of aryl methyl sites for hydroxylation is 3. The molecule has 2 aromatic heterocycles. The zero-order valence-corrected chi connectivity index (χ0v) is 14.8. The number of rotatable bonds is 4. The maximum absolute atomic E-state index is 11.6. The van der Waals surface area contributed by atoms with E-state index in [0.29, 0.717) is 22.6 Å². The third-order valence-electron chi connectivity index (χ3n) is 3.57. The standard InChI is InChI=1S/C17H18N4O2S/c1-9-5-6-13(10(2)7-9)16-20-21-17(23-16)24-12(4)15-18-11(3)8-14(22)19-15/h5-8,12H,1-4H3,(H,18,19,22)/t12-/m0/s1. The van der Waals surface area contributed by atoms with Crippen LogP contribution in [0.15, 0.2) is 38.7 Å². The summed E-state index contributed by atoms with van der Waals surface area (Å²) in [7, 11) is 0. The molecule has 0 saturated carbocycles. The Morgan fingerprint density at radius 3 is 2.67 bits per heavy atom. The van der Waals surface area contributed by atoms with Gasteiger partial charge in [-0.1, -0.05) is 29.5 Å². The summed E-state index contributed by atoms with van der Waals surface area (Å²) in [4.78, 5) is 18.7. The molecule has 124 valence electrons. The van der Waals surface area contributed by atoms with Crippen LogP contribution < -0.4 is 5.56 Å². The van der Waals surface area contributed by atoms with Gasteiger partial charge in [-0.05, 0) is 39.3 Å². The first-order valence-electron chi connectivity index (χ1n) is 7.58. The fraction of sp³-hybridized carbons (Fsp3) is 0.294. The third kappa shape index (κ3) is 3.56. The van der Waals surface area contributed by atoms with E-state index in [1.54, 1.807) is 6.92 Å². The summed E-state index contributed by atoms with van der Waals surface area (Å²) < 4.78 is 5.76. The summed E-state index contributed by atoms with van der Waals surface area (Å²) in [5.74, 6) is 1.09. The van der Waals surface area contributed by atoms with Crippen LogP contribution in [-0.2, 0) is 0 Å². The van der Waals surface area contributed by atoms with Gasteiger partial charge in [0.15, 0.2) is 0 Å². The molecule has 3 aromatic rings. The predicted octanol–water partition coefficient (Wildman–Crippen LogP) is 3.60. The molecule has 0 aliphatic carbocycles. The van der Waals surface area contributed by atoms with Crippen LogP contribution in [-0.4, -0.2) is 20.2 Å². The normalized spacial score (nSPS) is 12.3. The van der Waals surface area contributed by atoms with Crippen molar-refractivity contribution < 1.29 is 4.42 Å². The van der Waals surface area contributed by atoms with Gasteiger partial charge < -0.3 is 9.40 Å². The summed E-state index contributed by atoms with van der Waals surface area (Å²) in [6, 6.07) is 7.54. The molecule has 0 aliphatic rings. The molecule has 0 amide bonds. The van der Waals surface area contributed by atoms with Gasteiger partial charge in [0.05, 0.1) is 5.25 Å². The van der Waals surface area contributed by atoms with Crippen molar-refractivity contribution in [2.45, 2.75) is 38.2 Å². The van der Waals surface area contributed by atoms with E-state index in [1.165, 1.54) is 23.4 Å². The van der Waals surface area contributed by atoms with Crippen LogP contribution in [0.1, 0.15) is 34.8 Å². The van der Waals surface area contributed by atoms with Gasteiger partial charge in [-0.2, -0.15) is 0 Å². The number of hydrogen-bond donors (Lipinski definition) is 1. The largest absolute Gasteiger partial charge is 0.411 e. The first-order valence-corrected chi connectivity index (χ1v) is 8.46.